The third-order valence-corrected chi connectivity index (χ3v) is 5.00. The lowest BCUT2D eigenvalue weighted by molar-refractivity contribution is -0.119. The van der Waals surface area contributed by atoms with E-state index in [1.165, 1.54) is 31.5 Å². The summed E-state index contributed by atoms with van der Waals surface area (Å²) in [5.41, 5.74) is 3.93. The molecule has 0 aromatic heterocycles. The second-order valence-corrected chi connectivity index (χ2v) is 7.81. The smallest absolute Gasteiger partial charge is 0.238 e. The number of likely N-dealkylation sites (N-methyl/N-ethyl adjacent to an activating group) is 1. The Bertz CT molecular complexity index is 812. The van der Waals surface area contributed by atoms with E-state index in [0.717, 1.165) is 23.5 Å². The zero-order valence-electron chi connectivity index (χ0n) is 17.3. The van der Waals surface area contributed by atoms with E-state index in [1.54, 1.807) is 11.9 Å². The number of anilines is 2. The molecule has 0 atom stereocenters. The highest BCUT2D eigenvalue weighted by molar-refractivity contribution is 5.94. The summed E-state index contributed by atoms with van der Waals surface area (Å²) >= 11 is 0. The monoisotopic (exact) mass is 394 g/mol. The summed E-state index contributed by atoms with van der Waals surface area (Å²) in [6.45, 7) is 5.60. The number of carbonyl (C=O) groups is 2. The normalized spacial score (nSPS) is 14.2. The first kappa shape index (κ1) is 21.0. The average Bonchev–Trinajstić information content (AvgIpc) is 3.18. The Labute approximate surface area is 172 Å². The van der Waals surface area contributed by atoms with Gasteiger partial charge in [0, 0.05) is 17.9 Å². The van der Waals surface area contributed by atoms with E-state index in [4.69, 9.17) is 0 Å². The molecule has 1 fully saturated rings. The molecular weight excluding hydrogens is 364 g/mol. The minimum absolute atomic E-state index is 0.136. The molecule has 6 heteroatoms. The fraction of sp³-hybridized carbons (Fsp3) is 0.391. The van der Waals surface area contributed by atoms with Crippen LogP contribution in [0.25, 0.3) is 0 Å². The molecule has 3 rings (SSSR count). The van der Waals surface area contributed by atoms with Crippen LogP contribution in [-0.4, -0.2) is 54.8 Å². The van der Waals surface area contributed by atoms with Crippen LogP contribution in [0.5, 0.6) is 0 Å². The van der Waals surface area contributed by atoms with Crippen LogP contribution in [-0.2, 0) is 16.1 Å². The predicted molar refractivity (Wildman–Crippen MR) is 117 cm³/mol. The van der Waals surface area contributed by atoms with Crippen LogP contribution in [0.3, 0.4) is 0 Å². The van der Waals surface area contributed by atoms with Gasteiger partial charge in [0.25, 0.3) is 0 Å². The van der Waals surface area contributed by atoms with Crippen LogP contribution < -0.4 is 10.6 Å². The first-order chi connectivity index (χ1) is 14.0. The lowest BCUT2D eigenvalue weighted by Crippen LogP contribution is -2.36. The first-order valence-corrected chi connectivity index (χ1v) is 10.1. The highest BCUT2D eigenvalue weighted by Gasteiger charge is 2.13. The van der Waals surface area contributed by atoms with Crippen LogP contribution in [0.15, 0.2) is 48.5 Å². The Morgan fingerprint density at radius 2 is 1.34 bits per heavy atom. The molecular formula is C23H30N4O2. The first-order valence-electron chi connectivity index (χ1n) is 10.1. The van der Waals surface area contributed by atoms with Crippen LogP contribution in [0.4, 0.5) is 11.4 Å². The van der Waals surface area contributed by atoms with E-state index >= 15 is 0 Å². The average molecular weight is 395 g/mol. The zero-order chi connectivity index (χ0) is 20.6. The molecule has 0 radical (unpaired) electrons. The molecule has 1 aliphatic heterocycles. The van der Waals surface area contributed by atoms with Crippen LogP contribution in [0.2, 0.25) is 0 Å². The highest BCUT2D eigenvalue weighted by atomic mass is 16.2. The van der Waals surface area contributed by atoms with E-state index in [2.05, 4.69) is 27.7 Å². The second-order valence-electron chi connectivity index (χ2n) is 7.81. The molecule has 0 saturated carbocycles. The van der Waals surface area contributed by atoms with Gasteiger partial charge in [-0.1, -0.05) is 29.8 Å². The Morgan fingerprint density at radius 3 is 1.86 bits per heavy atom. The van der Waals surface area contributed by atoms with Crippen molar-refractivity contribution in [1.82, 2.24) is 9.80 Å². The van der Waals surface area contributed by atoms with Crippen molar-refractivity contribution >= 4 is 23.2 Å². The fourth-order valence-corrected chi connectivity index (χ4v) is 3.48. The molecule has 0 aliphatic carbocycles. The number of likely N-dealkylation sites (tertiary alicyclic amines) is 1. The number of carbonyl (C=O) groups excluding carboxylic acids is 2. The SMILES string of the molecule is Cc1ccc(NC(=O)CN(C)CC(=O)Nc2ccc(CN3CCCC3)cc2)cc1. The van der Waals surface area contributed by atoms with Crippen molar-refractivity contribution in [3.8, 4) is 0 Å². The number of hydrogen-bond donors (Lipinski definition) is 2. The quantitative estimate of drug-likeness (QED) is 0.722. The summed E-state index contributed by atoms with van der Waals surface area (Å²) in [7, 11) is 1.76. The lowest BCUT2D eigenvalue weighted by atomic mass is 10.2. The van der Waals surface area contributed by atoms with E-state index in [1.807, 2.05) is 43.3 Å². The van der Waals surface area contributed by atoms with Crippen molar-refractivity contribution in [2.24, 2.45) is 0 Å². The van der Waals surface area contributed by atoms with Gasteiger partial charge in [-0.2, -0.15) is 0 Å². The maximum atomic E-state index is 12.3. The van der Waals surface area contributed by atoms with Gasteiger partial charge < -0.3 is 10.6 Å². The maximum absolute atomic E-state index is 12.3. The molecule has 0 spiro atoms. The fourth-order valence-electron chi connectivity index (χ4n) is 3.48. The predicted octanol–water partition coefficient (Wildman–Crippen LogP) is 3.10. The summed E-state index contributed by atoms with van der Waals surface area (Å²) in [5, 5.41) is 5.74. The van der Waals surface area contributed by atoms with Gasteiger partial charge in [-0.25, -0.2) is 0 Å². The summed E-state index contributed by atoms with van der Waals surface area (Å²) in [6, 6.07) is 15.6. The molecule has 2 aromatic rings. The van der Waals surface area contributed by atoms with Gasteiger partial charge in [-0.15, -0.1) is 0 Å². The van der Waals surface area contributed by atoms with Gasteiger partial charge in [0.15, 0.2) is 0 Å². The number of nitrogens with zero attached hydrogens (tertiary/aromatic N) is 2. The molecule has 2 aromatic carbocycles. The van der Waals surface area contributed by atoms with Gasteiger partial charge in [0.2, 0.25) is 11.8 Å². The molecule has 6 nitrogen and oxygen atoms in total. The number of aryl methyl sites for hydroxylation is 1. The van der Waals surface area contributed by atoms with Gasteiger partial charge in [0.05, 0.1) is 13.1 Å². The molecule has 2 amide bonds. The van der Waals surface area contributed by atoms with E-state index in [0.29, 0.717) is 0 Å². The number of nitrogens with one attached hydrogen (secondary N) is 2. The Kier molecular flexibility index (Phi) is 7.38. The molecule has 1 aliphatic rings. The Balaban J connectivity index is 1.40. The van der Waals surface area contributed by atoms with Gasteiger partial charge in [-0.3, -0.25) is 19.4 Å². The molecule has 154 valence electrons. The van der Waals surface area contributed by atoms with Crippen LogP contribution >= 0.6 is 0 Å². The standard InChI is InChI=1S/C23H30N4O2/c1-18-5-9-20(10-6-18)24-22(28)16-26(2)17-23(29)25-21-11-7-19(8-12-21)15-27-13-3-4-14-27/h5-12H,3-4,13-17H2,1-2H3,(H,24,28)(H,25,29). The lowest BCUT2D eigenvalue weighted by Gasteiger charge is -2.17. The number of rotatable bonds is 8. The van der Waals surface area contributed by atoms with Gasteiger partial charge in [0.1, 0.15) is 0 Å². The van der Waals surface area contributed by atoms with Gasteiger partial charge >= 0.3 is 0 Å². The van der Waals surface area contributed by atoms with Crippen molar-refractivity contribution in [3.05, 3.63) is 59.7 Å². The molecule has 2 N–H and O–H groups in total. The maximum Gasteiger partial charge on any atom is 0.238 e. The van der Waals surface area contributed by atoms with Crippen molar-refractivity contribution in [1.29, 1.82) is 0 Å². The summed E-state index contributed by atoms with van der Waals surface area (Å²) in [6.07, 6.45) is 2.56. The van der Waals surface area contributed by atoms with Crippen molar-refractivity contribution in [3.63, 3.8) is 0 Å². The largest absolute Gasteiger partial charge is 0.325 e. The Morgan fingerprint density at radius 1 is 0.862 bits per heavy atom. The number of benzene rings is 2. The van der Waals surface area contributed by atoms with Crippen molar-refractivity contribution in [2.75, 3.05) is 43.9 Å². The van der Waals surface area contributed by atoms with Crippen LogP contribution in [0.1, 0.15) is 24.0 Å². The molecule has 1 saturated heterocycles. The van der Waals surface area contributed by atoms with E-state index < -0.39 is 0 Å². The molecule has 1 heterocycles. The zero-order valence-corrected chi connectivity index (χ0v) is 17.3. The minimum atomic E-state index is -0.143. The number of hydrogen-bond acceptors (Lipinski definition) is 4. The van der Waals surface area contributed by atoms with Crippen molar-refractivity contribution < 1.29 is 9.59 Å². The Hall–Kier alpha value is -2.70. The van der Waals surface area contributed by atoms with E-state index in [9.17, 15) is 9.59 Å². The molecule has 0 bridgehead atoms. The van der Waals surface area contributed by atoms with Gasteiger partial charge in [-0.05, 0) is 69.7 Å². The minimum Gasteiger partial charge on any atom is -0.325 e. The third-order valence-electron chi connectivity index (χ3n) is 5.00. The van der Waals surface area contributed by atoms with E-state index in [-0.39, 0.29) is 24.9 Å². The number of amides is 2. The second kappa shape index (κ2) is 10.2. The summed E-state index contributed by atoms with van der Waals surface area (Å²) in [4.78, 5) is 28.6. The highest BCUT2D eigenvalue weighted by Crippen LogP contribution is 2.15. The summed E-state index contributed by atoms with van der Waals surface area (Å²) in [5.74, 6) is -0.279. The third kappa shape index (κ3) is 7.00. The molecule has 29 heavy (non-hydrogen) atoms. The van der Waals surface area contributed by atoms with Crippen molar-refractivity contribution in [2.45, 2.75) is 26.3 Å². The molecule has 0 unspecified atom stereocenters. The topological polar surface area (TPSA) is 64.7 Å². The summed E-state index contributed by atoms with van der Waals surface area (Å²) < 4.78 is 0. The van der Waals surface area contributed by atoms with Crippen LogP contribution in [0, 0.1) is 6.92 Å².